The molecule has 0 N–H and O–H groups in total. The van der Waals surface area contributed by atoms with Gasteiger partial charge >= 0.3 is 12.3 Å². The molecule has 0 bridgehead atoms. The molecule has 26 heavy (non-hydrogen) atoms. The van der Waals surface area contributed by atoms with Crippen LogP contribution in [0.2, 0.25) is 0 Å². The molecule has 0 saturated carbocycles. The van der Waals surface area contributed by atoms with Crippen LogP contribution in [0, 0.1) is 0 Å². The number of ketones is 1. The van der Waals surface area contributed by atoms with Crippen LogP contribution in [-0.2, 0) is 20.9 Å². The molecule has 0 amide bonds. The Hall–Kier alpha value is -3.03. The van der Waals surface area contributed by atoms with Crippen LogP contribution in [-0.4, -0.2) is 24.7 Å². The van der Waals surface area contributed by atoms with Gasteiger partial charge in [0.15, 0.2) is 0 Å². The van der Waals surface area contributed by atoms with Crippen LogP contribution in [0.15, 0.2) is 54.6 Å². The van der Waals surface area contributed by atoms with E-state index in [0.29, 0.717) is 0 Å². The summed E-state index contributed by atoms with van der Waals surface area (Å²) in [4.78, 5) is 23.3. The molecule has 0 aliphatic heterocycles. The lowest BCUT2D eigenvalue weighted by Gasteiger charge is -2.10. The summed E-state index contributed by atoms with van der Waals surface area (Å²) < 4.78 is 50.0. The van der Waals surface area contributed by atoms with Gasteiger partial charge in [-0.05, 0) is 29.8 Å². The van der Waals surface area contributed by atoms with Crippen LogP contribution < -0.4 is 9.47 Å². The van der Waals surface area contributed by atoms with E-state index in [1.165, 1.54) is 12.1 Å². The number of benzene rings is 2. The summed E-state index contributed by atoms with van der Waals surface area (Å²) in [7, 11) is 0. The van der Waals surface area contributed by atoms with Crippen LogP contribution in [0.1, 0.15) is 12.0 Å². The van der Waals surface area contributed by atoms with Gasteiger partial charge < -0.3 is 14.2 Å². The molecule has 2 aromatic carbocycles. The van der Waals surface area contributed by atoms with E-state index in [9.17, 15) is 22.8 Å². The number of rotatable bonds is 8. The lowest BCUT2D eigenvalue weighted by Crippen LogP contribution is -2.19. The molecule has 0 saturated heterocycles. The van der Waals surface area contributed by atoms with Crippen molar-refractivity contribution in [2.24, 2.45) is 0 Å². The third-order valence-electron chi connectivity index (χ3n) is 3.10. The Morgan fingerprint density at radius 1 is 0.885 bits per heavy atom. The van der Waals surface area contributed by atoms with Crippen LogP contribution in [0.3, 0.4) is 0 Å². The van der Waals surface area contributed by atoms with E-state index < -0.39 is 18.1 Å². The number of alkyl halides is 3. The molecule has 0 aliphatic carbocycles. The minimum Gasteiger partial charge on any atom is -0.493 e. The molecule has 0 spiro atoms. The molecular formula is C18H15F3O5. The van der Waals surface area contributed by atoms with E-state index in [4.69, 9.17) is 9.47 Å². The molecule has 0 heterocycles. The van der Waals surface area contributed by atoms with E-state index in [1.54, 1.807) is 24.3 Å². The first-order valence-corrected chi connectivity index (χ1v) is 7.56. The molecule has 0 aliphatic rings. The second kappa shape index (κ2) is 8.89. The van der Waals surface area contributed by atoms with Crippen molar-refractivity contribution >= 4 is 11.8 Å². The van der Waals surface area contributed by atoms with E-state index in [1.807, 2.05) is 6.07 Å². The quantitative estimate of drug-likeness (QED) is 0.526. The Bertz CT molecular complexity index is 727. The van der Waals surface area contributed by atoms with Crippen molar-refractivity contribution in [2.45, 2.75) is 19.4 Å². The number of carbonyl (C=O) groups excluding carboxylic acids is 2. The first-order valence-electron chi connectivity index (χ1n) is 7.56. The Morgan fingerprint density at radius 3 is 2.12 bits per heavy atom. The van der Waals surface area contributed by atoms with Gasteiger partial charge in [0.05, 0.1) is 13.0 Å². The molecule has 0 atom stereocenters. The number of ether oxygens (including phenoxy) is 3. The minimum absolute atomic E-state index is 0.00701. The number of carbonyl (C=O) groups is 2. The molecule has 5 nitrogen and oxygen atoms in total. The fraction of sp³-hybridized carbons (Fsp3) is 0.222. The summed E-state index contributed by atoms with van der Waals surface area (Å²) in [5, 5.41) is 0. The summed E-state index contributed by atoms with van der Waals surface area (Å²) in [6, 6.07) is 13.6. The van der Waals surface area contributed by atoms with Crippen molar-refractivity contribution in [3.8, 4) is 11.5 Å². The third kappa shape index (κ3) is 6.84. The fourth-order valence-corrected chi connectivity index (χ4v) is 1.90. The SMILES string of the molecule is O=C(CCOc1ccc(OC(F)(F)F)cc1)C(=O)OCc1ccccc1. The molecular weight excluding hydrogens is 353 g/mol. The molecule has 0 radical (unpaired) electrons. The summed E-state index contributed by atoms with van der Waals surface area (Å²) in [5.74, 6) is -1.86. The largest absolute Gasteiger partial charge is 0.573 e. The van der Waals surface area contributed by atoms with Gasteiger partial charge in [0.2, 0.25) is 5.78 Å². The zero-order chi connectivity index (χ0) is 19.0. The van der Waals surface area contributed by atoms with Gasteiger partial charge in [-0.15, -0.1) is 13.2 Å². The number of Topliss-reactive ketones (excluding diaryl/α,β-unsaturated/α-hetero) is 1. The zero-order valence-electron chi connectivity index (χ0n) is 13.5. The smallest absolute Gasteiger partial charge is 0.493 e. The number of hydrogen-bond donors (Lipinski definition) is 0. The van der Waals surface area contributed by atoms with Crippen molar-refractivity contribution < 1.29 is 37.0 Å². The topological polar surface area (TPSA) is 61.8 Å². The Kier molecular flexibility index (Phi) is 6.60. The van der Waals surface area contributed by atoms with Gasteiger partial charge in [-0.3, -0.25) is 4.79 Å². The summed E-state index contributed by atoms with van der Waals surface area (Å²) in [6.45, 7) is -0.119. The van der Waals surface area contributed by atoms with Crippen molar-refractivity contribution in [2.75, 3.05) is 6.61 Å². The molecule has 2 rings (SSSR count). The highest BCUT2D eigenvalue weighted by atomic mass is 19.4. The number of esters is 1. The highest BCUT2D eigenvalue weighted by Gasteiger charge is 2.30. The highest BCUT2D eigenvalue weighted by molar-refractivity contribution is 6.33. The zero-order valence-corrected chi connectivity index (χ0v) is 13.5. The summed E-state index contributed by atoms with van der Waals surface area (Å²) in [5.41, 5.74) is 0.756. The van der Waals surface area contributed by atoms with Gasteiger partial charge in [0.25, 0.3) is 0 Å². The molecule has 2 aromatic rings. The second-order valence-electron chi connectivity index (χ2n) is 5.10. The summed E-state index contributed by atoms with van der Waals surface area (Å²) in [6.07, 6.45) is -4.98. The monoisotopic (exact) mass is 368 g/mol. The fourth-order valence-electron chi connectivity index (χ4n) is 1.90. The van der Waals surface area contributed by atoms with Crippen molar-refractivity contribution in [3.05, 3.63) is 60.2 Å². The first-order chi connectivity index (χ1) is 12.3. The van der Waals surface area contributed by atoms with Gasteiger partial charge in [-0.2, -0.15) is 0 Å². The van der Waals surface area contributed by atoms with E-state index in [2.05, 4.69) is 4.74 Å². The molecule has 0 unspecified atom stereocenters. The molecule has 8 heteroatoms. The predicted octanol–water partition coefficient (Wildman–Crippen LogP) is 3.67. The third-order valence-corrected chi connectivity index (χ3v) is 3.10. The maximum Gasteiger partial charge on any atom is 0.573 e. The second-order valence-corrected chi connectivity index (χ2v) is 5.10. The molecule has 0 aromatic heterocycles. The number of halogens is 3. The van der Waals surface area contributed by atoms with E-state index >= 15 is 0 Å². The van der Waals surface area contributed by atoms with Gasteiger partial charge in [0.1, 0.15) is 18.1 Å². The lowest BCUT2D eigenvalue weighted by atomic mass is 10.2. The first kappa shape index (κ1) is 19.3. The standard InChI is InChI=1S/C18H15F3O5/c19-18(20,21)26-15-8-6-14(7-9-15)24-11-10-16(22)17(23)25-12-13-4-2-1-3-5-13/h1-9H,10-12H2. The normalized spacial score (nSPS) is 10.9. The Labute approximate surface area is 147 Å². The summed E-state index contributed by atoms with van der Waals surface area (Å²) >= 11 is 0. The minimum atomic E-state index is -4.77. The molecule has 138 valence electrons. The van der Waals surface area contributed by atoms with Crippen LogP contribution >= 0.6 is 0 Å². The molecule has 0 fully saturated rings. The van der Waals surface area contributed by atoms with Gasteiger partial charge in [-0.25, -0.2) is 4.79 Å². The Morgan fingerprint density at radius 2 is 1.50 bits per heavy atom. The van der Waals surface area contributed by atoms with Crippen LogP contribution in [0.5, 0.6) is 11.5 Å². The average Bonchev–Trinajstić information content (AvgIpc) is 2.60. The number of hydrogen-bond acceptors (Lipinski definition) is 5. The van der Waals surface area contributed by atoms with E-state index in [-0.39, 0.29) is 31.1 Å². The van der Waals surface area contributed by atoms with Crippen LogP contribution in [0.25, 0.3) is 0 Å². The van der Waals surface area contributed by atoms with Crippen molar-refractivity contribution in [3.63, 3.8) is 0 Å². The van der Waals surface area contributed by atoms with Crippen molar-refractivity contribution in [1.82, 2.24) is 0 Å². The maximum atomic E-state index is 12.0. The van der Waals surface area contributed by atoms with Gasteiger partial charge in [-0.1, -0.05) is 30.3 Å². The van der Waals surface area contributed by atoms with E-state index in [0.717, 1.165) is 17.7 Å². The van der Waals surface area contributed by atoms with Gasteiger partial charge in [0, 0.05) is 0 Å². The highest BCUT2D eigenvalue weighted by Crippen LogP contribution is 2.24. The predicted molar refractivity (Wildman–Crippen MR) is 84.5 cm³/mol. The van der Waals surface area contributed by atoms with Crippen molar-refractivity contribution in [1.29, 1.82) is 0 Å². The maximum absolute atomic E-state index is 12.0. The Balaban J connectivity index is 1.71. The average molecular weight is 368 g/mol. The van der Waals surface area contributed by atoms with Crippen LogP contribution in [0.4, 0.5) is 13.2 Å². The lowest BCUT2D eigenvalue weighted by molar-refractivity contribution is -0.274.